The lowest BCUT2D eigenvalue weighted by molar-refractivity contribution is 0.281. The zero-order chi connectivity index (χ0) is 12.3. The summed E-state index contributed by atoms with van der Waals surface area (Å²) in [5.74, 6) is 0.369. The van der Waals surface area contributed by atoms with Gasteiger partial charge in [-0.2, -0.15) is 0 Å². The zero-order valence-electron chi connectivity index (χ0n) is 10.2. The number of halogens is 1. The first-order chi connectivity index (χ1) is 8.26. The molecule has 0 atom stereocenters. The van der Waals surface area contributed by atoms with Crippen molar-refractivity contribution in [2.24, 2.45) is 0 Å². The monoisotopic (exact) mass is 238 g/mol. The highest BCUT2D eigenvalue weighted by Gasteiger charge is 2.30. The third-order valence-corrected chi connectivity index (χ3v) is 3.09. The fourth-order valence-corrected chi connectivity index (χ4v) is 2.03. The van der Waals surface area contributed by atoms with Crippen LogP contribution in [0.3, 0.4) is 0 Å². The van der Waals surface area contributed by atoms with Crippen LogP contribution in [0.4, 0.5) is 10.2 Å². The van der Waals surface area contributed by atoms with E-state index in [0.717, 1.165) is 25.2 Å². The molecule has 0 bridgehead atoms. The summed E-state index contributed by atoms with van der Waals surface area (Å²) in [6.45, 7) is 2.93. The van der Waals surface area contributed by atoms with Crippen molar-refractivity contribution < 1.29 is 9.50 Å². The number of anilines is 1. The molecular weight excluding hydrogens is 219 g/mol. The maximum absolute atomic E-state index is 13.1. The average molecular weight is 238 g/mol. The standard InChI is InChI=1S/C13H19FN2O/c1-2-3-6-16(12-4-5-12)13-10(9-17)7-11(14)8-15-13/h7-8,12,17H,2-6,9H2,1H3. The Bertz CT molecular complexity index is 380. The highest BCUT2D eigenvalue weighted by atomic mass is 19.1. The summed E-state index contributed by atoms with van der Waals surface area (Å²) < 4.78 is 13.1. The van der Waals surface area contributed by atoms with Crippen molar-refractivity contribution in [3.8, 4) is 0 Å². The van der Waals surface area contributed by atoms with Gasteiger partial charge in [0.1, 0.15) is 11.6 Å². The third kappa shape index (κ3) is 2.94. The maximum Gasteiger partial charge on any atom is 0.142 e. The van der Waals surface area contributed by atoms with E-state index in [2.05, 4.69) is 16.8 Å². The lowest BCUT2D eigenvalue weighted by Gasteiger charge is -2.25. The molecule has 17 heavy (non-hydrogen) atoms. The SMILES string of the molecule is CCCCN(c1ncc(F)cc1CO)C1CC1. The van der Waals surface area contributed by atoms with Crippen molar-refractivity contribution in [1.29, 1.82) is 0 Å². The fourth-order valence-electron chi connectivity index (χ4n) is 2.03. The van der Waals surface area contributed by atoms with Gasteiger partial charge in [-0.1, -0.05) is 13.3 Å². The third-order valence-electron chi connectivity index (χ3n) is 3.09. The predicted molar refractivity (Wildman–Crippen MR) is 65.4 cm³/mol. The summed E-state index contributed by atoms with van der Waals surface area (Å²) in [4.78, 5) is 6.37. The molecule has 1 saturated carbocycles. The van der Waals surface area contributed by atoms with E-state index in [9.17, 15) is 9.50 Å². The molecule has 94 valence electrons. The van der Waals surface area contributed by atoms with Gasteiger partial charge in [0.2, 0.25) is 0 Å². The number of aliphatic hydroxyl groups excluding tert-OH is 1. The lowest BCUT2D eigenvalue weighted by atomic mass is 10.2. The molecular formula is C13H19FN2O. The van der Waals surface area contributed by atoms with Crippen LogP contribution >= 0.6 is 0 Å². The summed E-state index contributed by atoms with van der Waals surface area (Å²) >= 11 is 0. The van der Waals surface area contributed by atoms with Crippen LogP contribution in [0.2, 0.25) is 0 Å². The van der Waals surface area contributed by atoms with Crippen LogP contribution in [0, 0.1) is 5.82 Å². The van der Waals surface area contributed by atoms with Crippen LogP contribution in [-0.4, -0.2) is 22.7 Å². The van der Waals surface area contributed by atoms with Crippen molar-refractivity contribution in [3.63, 3.8) is 0 Å². The summed E-state index contributed by atoms with van der Waals surface area (Å²) in [5.41, 5.74) is 0.591. The number of unbranched alkanes of at least 4 members (excludes halogenated alkanes) is 1. The molecule has 0 aromatic carbocycles. The Labute approximate surface area is 101 Å². The van der Waals surface area contributed by atoms with Crippen molar-refractivity contribution in [2.45, 2.75) is 45.3 Å². The van der Waals surface area contributed by atoms with E-state index >= 15 is 0 Å². The summed E-state index contributed by atoms with van der Waals surface area (Å²) in [6.07, 6.45) is 5.80. The molecule has 4 heteroatoms. The van der Waals surface area contributed by atoms with E-state index in [-0.39, 0.29) is 12.4 Å². The number of aliphatic hydroxyl groups is 1. The summed E-state index contributed by atoms with van der Waals surface area (Å²) in [6, 6.07) is 1.91. The predicted octanol–water partition coefficient (Wildman–Crippen LogP) is 2.48. The number of hydrogen-bond acceptors (Lipinski definition) is 3. The molecule has 1 aromatic heterocycles. The van der Waals surface area contributed by atoms with Crippen LogP contribution in [-0.2, 0) is 6.61 Å². The highest BCUT2D eigenvalue weighted by molar-refractivity contribution is 5.48. The Balaban J connectivity index is 2.21. The molecule has 1 heterocycles. The molecule has 0 saturated heterocycles. The normalized spacial score (nSPS) is 15.0. The fraction of sp³-hybridized carbons (Fsp3) is 0.615. The Morgan fingerprint density at radius 2 is 2.29 bits per heavy atom. The lowest BCUT2D eigenvalue weighted by Crippen LogP contribution is -2.29. The van der Waals surface area contributed by atoms with Crippen molar-refractivity contribution in [1.82, 2.24) is 4.98 Å². The average Bonchev–Trinajstić information content (AvgIpc) is 3.15. The number of pyridine rings is 1. The first-order valence-corrected chi connectivity index (χ1v) is 6.28. The van der Waals surface area contributed by atoms with Gasteiger partial charge in [-0.15, -0.1) is 0 Å². The largest absolute Gasteiger partial charge is 0.392 e. The second-order valence-electron chi connectivity index (χ2n) is 4.57. The molecule has 3 nitrogen and oxygen atoms in total. The molecule has 0 amide bonds. The van der Waals surface area contributed by atoms with Crippen molar-refractivity contribution in [2.75, 3.05) is 11.4 Å². The first-order valence-electron chi connectivity index (χ1n) is 6.28. The Morgan fingerprint density at radius 3 is 2.88 bits per heavy atom. The van der Waals surface area contributed by atoms with Gasteiger partial charge >= 0.3 is 0 Å². The number of aromatic nitrogens is 1. The Morgan fingerprint density at radius 1 is 1.53 bits per heavy atom. The van der Waals surface area contributed by atoms with E-state index in [0.29, 0.717) is 11.6 Å². The van der Waals surface area contributed by atoms with Gasteiger partial charge in [-0.05, 0) is 25.3 Å². The molecule has 0 unspecified atom stereocenters. The number of hydrogen-bond donors (Lipinski definition) is 1. The van der Waals surface area contributed by atoms with Crippen molar-refractivity contribution >= 4 is 5.82 Å². The van der Waals surface area contributed by atoms with Gasteiger partial charge in [0.15, 0.2) is 0 Å². The van der Waals surface area contributed by atoms with Gasteiger partial charge in [0.25, 0.3) is 0 Å². The molecule has 0 aliphatic heterocycles. The molecule has 2 rings (SSSR count). The minimum absolute atomic E-state index is 0.157. The molecule has 0 spiro atoms. The molecule has 1 aliphatic carbocycles. The van der Waals surface area contributed by atoms with Crippen molar-refractivity contribution in [3.05, 3.63) is 23.6 Å². The zero-order valence-corrected chi connectivity index (χ0v) is 10.2. The number of rotatable bonds is 6. The Hall–Kier alpha value is -1.16. The molecule has 1 aromatic rings. The highest BCUT2D eigenvalue weighted by Crippen LogP contribution is 2.32. The van der Waals surface area contributed by atoms with Gasteiger partial charge in [-0.25, -0.2) is 9.37 Å². The minimum Gasteiger partial charge on any atom is -0.392 e. The van der Waals surface area contributed by atoms with E-state index in [4.69, 9.17) is 0 Å². The van der Waals surface area contributed by atoms with Gasteiger partial charge in [-0.3, -0.25) is 0 Å². The first kappa shape index (κ1) is 12.3. The maximum atomic E-state index is 13.1. The smallest absolute Gasteiger partial charge is 0.142 e. The van der Waals surface area contributed by atoms with E-state index in [1.54, 1.807) is 0 Å². The minimum atomic E-state index is -0.385. The second-order valence-corrected chi connectivity index (χ2v) is 4.57. The topological polar surface area (TPSA) is 36.4 Å². The van der Waals surface area contributed by atoms with Crippen LogP contribution < -0.4 is 4.90 Å². The van der Waals surface area contributed by atoms with Crippen LogP contribution in [0.5, 0.6) is 0 Å². The number of nitrogens with zero attached hydrogens (tertiary/aromatic N) is 2. The molecule has 1 fully saturated rings. The molecule has 1 N–H and O–H groups in total. The van der Waals surface area contributed by atoms with E-state index in [1.807, 2.05) is 0 Å². The summed E-state index contributed by atoms with van der Waals surface area (Å²) in [7, 11) is 0. The van der Waals surface area contributed by atoms with Crippen LogP contribution in [0.25, 0.3) is 0 Å². The van der Waals surface area contributed by atoms with Crippen LogP contribution in [0.1, 0.15) is 38.2 Å². The quantitative estimate of drug-likeness (QED) is 0.827. The van der Waals surface area contributed by atoms with Gasteiger partial charge in [0.05, 0.1) is 12.8 Å². The molecule has 1 aliphatic rings. The van der Waals surface area contributed by atoms with E-state index in [1.165, 1.54) is 25.1 Å². The second kappa shape index (κ2) is 5.45. The summed E-state index contributed by atoms with van der Waals surface area (Å²) in [5, 5.41) is 9.29. The van der Waals surface area contributed by atoms with Gasteiger partial charge in [0, 0.05) is 18.2 Å². The van der Waals surface area contributed by atoms with Crippen LogP contribution in [0.15, 0.2) is 12.3 Å². The Kier molecular flexibility index (Phi) is 3.94. The molecule has 0 radical (unpaired) electrons. The van der Waals surface area contributed by atoms with Gasteiger partial charge < -0.3 is 10.0 Å². The van der Waals surface area contributed by atoms with E-state index < -0.39 is 0 Å².